The summed E-state index contributed by atoms with van der Waals surface area (Å²) < 4.78 is 18.7. The molecule has 0 spiro atoms. The van der Waals surface area contributed by atoms with Crippen LogP contribution in [0.4, 0.5) is 0 Å². The monoisotopic (exact) mass is 320 g/mol. The Morgan fingerprint density at radius 3 is 2.73 bits per heavy atom. The minimum atomic E-state index is -1.12. The van der Waals surface area contributed by atoms with E-state index in [1.54, 1.807) is 0 Å². The third-order valence-corrected chi connectivity index (χ3v) is 7.30. The molecule has 0 aliphatic carbocycles. The van der Waals surface area contributed by atoms with Crippen LogP contribution in [0.1, 0.15) is 45.2 Å². The van der Waals surface area contributed by atoms with Crippen LogP contribution < -0.4 is 10.5 Å². The van der Waals surface area contributed by atoms with Crippen molar-refractivity contribution in [3.8, 4) is 5.75 Å². The van der Waals surface area contributed by atoms with Crippen molar-refractivity contribution >= 4 is 16.6 Å². The number of aryl methyl sites for hydroxylation is 1. The number of rotatable bonds is 0. The minimum absolute atomic E-state index is 0.00237. The van der Waals surface area contributed by atoms with Gasteiger partial charge in [0.25, 0.3) is 0 Å². The van der Waals surface area contributed by atoms with Crippen molar-refractivity contribution in [1.82, 2.24) is 0 Å². The Morgan fingerprint density at radius 1 is 1.36 bits per heavy atom. The molecule has 0 saturated heterocycles. The smallest absolute Gasteiger partial charge is 0.125 e. The van der Waals surface area contributed by atoms with Crippen LogP contribution in [0.25, 0.3) is 0 Å². The predicted molar refractivity (Wildman–Crippen MR) is 90.9 cm³/mol. The van der Waals surface area contributed by atoms with E-state index >= 15 is 0 Å². The normalized spacial score (nSPS) is 36.4. The zero-order valence-electron chi connectivity index (χ0n) is 13.8. The second-order valence-electron chi connectivity index (χ2n) is 7.10. The van der Waals surface area contributed by atoms with Crippen molar-refractivity contribution in [2.45, 2.75) is 62.7 Å². The number of hydrogen-bond donors (Lipinski definition) is 1. The summed E-state index contributed by atoms with van der Waals surface area (Å²) in [5.74, 6) is 1.29. The average molecular weight is 320 g/mol. The molecule has 22 heavy (non-hydrogen) atoms. The van der Waals surface area contributed by atoms with Crippen LogP contribution in [0, 0.1) is 6.92 Å². The summed E-state index contributed by atoms with van der Waals surface area (Å²) in [6, 6.07) is 6.11. The van der Waals surface area contributed by atoms with Crippen molar-refractivity contribution < 1.29 is 8.95 Å². The van der Waals surface area contributed by atoms with Crippen LogP contribution in [-0.4, -0.2) is 26.1 Å². The van der Waals surface area contributed by atoms with Crippen LogP contribution >= 0.6 is 0 Å². The van der Waals surface area contributed by atoms with Gasteiger partial charge in [-0.15, -0.1) is 0 Å². The van der Waals surface area contributed by atoms with E-state index in [-0.39, 0.29) is 11.4 Å². The lowest BCUT2D eigenvalue weighted by Crippen LogP contribution is -2.57. The van der Waals surface area contributed by atoms with Gasteiger partial charge in [-0.25, -0.2) is 0 Å². The molecule has 2 heterocycles. The zero-order chi connectivity index (χ0) is 16.3. The van der Waals surface area contributed by atoms with Crippen LogP contribution in [0.2, 0.25) is 0 Å². The van der Waals surface area contributed by atoms with E-state index in [0.717, 1.165) is 16.9 Å². The van der Waals surface area contributed by atoms with Gasteiger partial charge in [0.15, 0.2) is 0 Å². The number of nitrogens with zero attached hydrogens (tertiary/aromatic N) is 1. The van der Waals surface area contributed by atoms with Crippen LogP contribution in [0.3, 0.4) is 0 Å². The molecule has 5 heteroatoms. The molecule has 2 unspecified atom stereocenters. The highest BCUT2D eigenvalue weighted by Crippen LogP contribution is 2.47. The van der Waals surface area contributed by atoms with Crippen LogP contribution in [-0.2, 0) is 16.3 Å². The Bertz CT molecular complexity index is 683. The highest BCUT2D eigenvalue weighted by atomic mass is 32.2. The fraction of sp³-hybridized carbons (Fsp3) is 0.588. The van der Waals surface area contributed by atoms with Gasteiger partial charge in [-0.3, -0.25) is 9.20 Å². The predicted octanol–water partition coefficient (Wildman–Crippen LogP) is 2.65. The van der Waals surface area contributed by atoms with Crippen molar-refractivity contribution in [1.29, 1.82) is 0 Å². The molecule has 0 radical (unpaired) electrons. The summed E-state index contributed by atoms with van der Waals surface area (Å²) in [6.45, 7) is 9.94. The number of aliphatic imine (C=N–C) groups is 1. The number of hydrogen-bond acceptors (Lipinski definition) is 4. The summed E-state index contributed by atoms with van der Waals surface area (Å²) in [5.41, 5.74) is 7.73. The van der Waals surface area contributed by atoms with E-state index < -0.39 is 21.1 Å². The Hall–Kier alpha value is -1.36. The van der Waals surface area contributed by atoms with E-state index in [0.29, 0.717) is 12.3 Å². The largest absolute Gasteiger partial charge is 0.490 e. The summed E-state index contributed by atoms with van der Waals surface area (Å²) in [4.78, 5) is 4.84. The van der Waals surface area contributed by atoms with Crippen LogP contribution in [0.15, 0.2) is 23.2 Å². The second kappa shape index (κ2) is 4.82. The van der Waals surface area contributed by atoms with Gasteiger partial charge in [-0.1, -0.05) is 11.6 Å². The maximum Gasteiger partial charge on any atom is 0.125 e. The number of benzene rings is 1. The SMILES string of the molecule is Cc1ccc2c(c1)[C@@]1(C)N=C(N)C(C)(C)S(=O)C1C[C@H](C)O2. The molecule has 0 aromatic heterocycles. The van der Waals surface area contributed by atoms with E-state index in [1.807, 2.05) is 46.8 Å². The average Bonchev–Trinajstić information content (AvgIpc) is 2.53. The van der Waals surface area contributed by atoms with Gasteiger partial charge in [-0.2, -0.15) is 0 Å². The number of fused-ring (bicyclic) bond motifs is 3. The Kier molecular flexibility index (Phi) is 3.40. The molecule has 3 rings (SSSR count). The molecule has 1 aromatic carbocycles. The Balaban J connectivity index is 2.29. The van der Waals surface area contributed by atoms with Gasteiger partial charge in [0.2, 0.25) is 0 Å². The van der Waals surface area contributed by atoms with Crippen molar-refractivity contribution in [3.05, 3.63) is 29.3 Å². The molecule has 4 nitrogen and oxygen atoms in total. The molecule has 0 saturated carbocycles. The van der Waals surface area contributed by atoms with Crippen LogP contribution in [0.5, 0.6) is 5.75 Å². The molecule has 0 amide bonds. The first kappa shape index (κ1) is 15.5. The first-order valence-corrected chi connectivity index (χ1v) is 8.92. The molecule has 120 valence electrons. The molecule has 4 atom stereocenters. The third kappa shape index (κ3) is 2.09. The Labute approximate surface area is 134 Å². The molecule has 0 fully saturated rings. The summed E-state index contributed by atoms with van der Waals surface area (Å²) in [5, 5.41) is -0.104. The van der Waals surface area contributed by atoms with Gasteiger partial charge in [-0.05, 0) is 46.8 Å². The molecule has 0 bridgehead atoms. The topological polar surface area (TPSA) is 64.7 Å². The summed E-state index contributed by atoms with van der Waals surface area (Å²) >= 11 is 0. The quantitative estimate of drug-likeness (QED) is 0.799. The maximum absolute atomic E-state index is 13.2. The summed E-state index contributed by atoms with van der Waals surface area (Å²) in [6.07, 6.45) is 0.708. The molecule has 2 aliphatic rings. The molecular weight excluding hydrogens is 296 g/mol. The first-order valence-electron chi connectivity index (χ1n) is 7.70. The third-order valence-electron chi connectivity index (χ3n) is 4.91. The fourth-order valence-electron chi connectivity index (χ4n) is 3.38. The Morgan fingerprint density at radius 2 is 2.05 bits per heavy atom. The molecule has 1 aromatic rings. The van der Waals surface area contributed by atoms with Gasteiger partial charge in [0, 0.05) is 22.8 Å². The minimum Gasteiger partial charge on any atom is -0.490 e. The number of amidine groups is 1. The lowest BCUT2D eigenvalue weighted by atomic mass is 9.85. The number of ether oxygens (including phenoxy) is 1. The second-order valence-corrected chi connectivity index (χ2v) is 9.29. The standard InChI is InChI=1S/C17H24N2O2S/c1-10-6-7-13-12(8-10)17(5)14(9-11(2)21-13)22(20)16(3,4)15(18)19-17/h6-8,11,14H,9H2,1-5H3,(H2,18,19)/t11-,14?,17+,22?/m0/s1. The van der Waals surface area contributed by atoms with E-state index in [4.69, 9.17) is 15.5 Å². The van der Waals surface area contributed by atoms with Crippen molar-refractivity contribution in [2.75, 3.05) is 0 Å². The molecule has 2 N–H and O–H groups in total. The van der Waals surface area contributed by atoms with Crippen molar-refractivity contribution in [2.24, 2.45) is 10.7 Å². The van der Waals surface area contributed by atoms with Crippen molar-refractivity contribution in [3.63, 3.8) is 0 Å². The first-order chi connectivity index (χ1) is 10.2. The molecular formula is C17H24N2O2S. The van der Waals surface area contributed by atoms with Gasteiger partial charge in [0.05, 0.1) is 16.1 Å². The lowest BCUT2D eigenvalue weighted by Gasteiger charge is -2.43. The maximum atomic E-state index is 13.2. The highest BCUT2D eigenvalue weighted by Gasteiger charge is 2.53. The molecule has 2 aliphatic heterocycles. The fourth-order valence-corrected chi connectivity index (χ4v) is 5.39. The van der Waals surface area contributed by atoms with E-state index in [9.17, 15) is 4.21 Å². The van der Waals surface area contributed by atoms with Gasteiger partial charge < -0.3 is 10.5 Å². The van der Waals surface area contributed by atoms with E-state index in [1.165, 1.54) is 0 Å². The summed E-state index contributed by atoms with van der Waals surface area (Å²) in [7, 11) is -1.12. The van der Waals surface area contributed by atoms with Gasteiger partial charge in [0.1, 0.15) is 17.1 Å². The van der Waals surface area contributed by atoms with E-state index in [2.05, 4.69) is 6.07 Å². The highest BCUT2D eigenvalue weighted by molar-refractivity contribution is 7.88. The lowest BCUT2D eigenvalue weighted by molar-refractivity contribution is 0.214. The zero-order valence-corrected chi connectivity index (χ0v) is 14.7. The van der Waals surface area contributed by atoms with Gasteiger partial charge >= 0.3 is 0 Å². The number of nitrogens with two attached hydrogens (primary N) is 1.